The summed E-state index contributed by atoms with van der Waals surface area (Å²) in [6, 6.07) is 72.4. The van der Waals surface area contributed by atoms with Crippen LogP contribution in [-0.4, -0.2) is 14.1 Å². The van der Waals surface area contributed by atoms with Crippen LogP contribution in [0.5, 0.6) is 5.75 Å². The summed E-state index contributed by atoms with van der Waals surface area (Å²) in [6.07, 6.45) is 0. The molecule has 1 aliphatic rings. The molecular formula is C51H35N3O. The molecule has 1 aliphatic heterocycles. The molecule has 4 nitrogen and oxygen atoms in total. The number of benzene rings is 8. The third-order valence-corrected chi connectivity index (χ3v) is 11.3. The van der Waals surface area contributed by atoms with E-state index in [1.165, 1.54) is 44.1 Å². The highest BCUT2D eigenvalue weighted by molar-refractivity contribution is 6.09. The molecule has 0 atom stereocenters. The summed E-state index contributed by atoms with van der Waals surface area (Å²) in [5, 5.41) is 2.50. The van der Waals surface area contributed by atoms with Crippen LogP contribution >= 0.6 is 0 Å². The van der Waals surface area contributed by atoms with Crippen molar-refractivity contribution in [3.8, 4) is 28.3 Å². The van der Waals surface area contributed by atoms with Gasteiger partial charge in [-0.2, -0.15) is 0 Å². The minimum absolute atomic E-state index is 0.445. The fourth-order valence-corrected chi connectivity index (χ4v) is 8.97. The zero-order chi connectivity index (χ0) is 36.3. The maximum Gasteiger partial charge on any atom is 0.152 e. The van der Waals surface area contributed by atoms with Crippen molar-refractivity contribution in [1.29, 1.82) is 0 Å². The quantitative estimate of drug-likeness (QED) is 0.161. The van der Waals surface area contributed by atoms with Crippen molar-refractivity contribution in [1.82, 2.24) is 14.1 Å². The molecule has 2 aromatic heterocycles. The second-order valence-electron chi connectivity index (χ2n) is 14.3. The summed E-state index contributed by atoms with van der Waals surface area (Å²) < 4.78 is 10.7. The molecule has 4 heteroatoms. The lowest BCUT2D eigenvalue weighted by Gasteiger charge is -2.37. The van der Waals surface area contributed by atoms with Crippen molar-refractivity contribution in [2.75, 3.05) is 0 Å². The van der Waals surface area contributed by atoms with E-state index in [4.69, 9.17) is 9.72 Å². The monoisotopic (exact) mass is 705 g/mol. The highest BCUT2D eigenvalue weighted by atomic mass is 16.5. The average Bonchev–Trinajstić information content (AvgIpc) is 3.81. The molecular weight excluding hydrogens is 671 g/mol. The fourth-order valence-electron chi connectivity index (χ4n) is 8.97. The van der Waals surface area contributed by atoms with Crippen LogP contribution in [0.1, 0.15) is 28.1 Å². The number of aromatic nitrogens is 3. The standard InChI is InChI=1S/C51H35N3O/c1-3-16-37(17-4-1)51(38-18-5-2-6-19-38,40-21-14-22-41(33-40)53-45-25-9-7-23-42(45)43-24-8-10-26-46(43)53)39-20-13-15-35(31-39)36-29-30-47-44(32-36)52-50-34-55-49-28-12-11-27-48(49)54(47)50/h1-33H,34H2. The molecule has 0 spiro atoms. The molecule has 260 valence electrons. The smallest absolute Gasteiger partial charge is 0.152 e. The molecule has 0 N–H and O–H groups in total. The summed E-state index contributed by atoms with van der Waals surface area (Å²) >= 11 is 0. The number of rotatable bonds is 6. The molecule has 8 aromatic carbocycles. The average molecular weight is 706 g/mol. The first-order valence-corrected chi connectivity index (χ1v) is 18.8. The van der Waals surface area contributed by atoms with Crippen molar-refractivity contribution < 1.29 is 4.74 Å². The van der Waals surface area contributed by atoms with Crippen molar-refractivity contribution in [3.63, 3.8) is 0 Å². The second kappa shape index (κ2) is 12.5. The van der Waals surface area contributed by atoms with Gasteiger partial charge in [0.2, 0.25) is 0 Å². The molecule has 0 unspecified atom stereocenters. The minimum atomic E-state index is -0.633. The molecule has 3 heterocycles. The van der Waals surface area contributed by atoms with E-state index in [1.54, 1.807) is 0 Å². The lowest BCUT2D eigenvalue weighted by atomic mass is 9.65. The van der Waals surface area contributed by atoms with E-state index in [0.29, 0.717) is 6.61 Å². The predicted octanol–water partition coefficient (Wildman–Crippen LogP) is 12.1. The summed E-state index contributed by atoms with van der Waals surface area (Å²) in [6.45, 7) is 0.445. The van der Waals surface area contributed by atoms with Crippen LogP contribution in [0.4, 0.5) is 0 Å². The van der Waals surface area contributed by atoms with E-state index in [-0.39, 0.29) is 0 Å². The van der Waals surface area contributed by atoms with Gasteiger partial charge in [-0.15, -0.1) is 0 Å². The maximum atomic E-state index is 6.06. The lowest BCUT2D eigenvalue weighted by Crippen LogP contribution is -2.31. The van der Waals surface area contributed by atoms with Gasteiger partial charge in [0, 0.05) is 16.5 Å². The molecule has 0 bridgehead atoms. The molecule has 0 saturated carbocycles. The van der Waals surface area contributed by atoms with Gasteiger partial charge < -0.3 is 9.30 Å². The summed E-state index contributed by atoms with van der Waals surface area (Å²) in [7, 11) is 0. The van der Waals surface area contributed by atoms with Gasteiger partial charge >= 0.3 is 0 Å². The number of para-hydroxylation sites is 4. The van der Waals surface area contributed by atoms with E-state index >= 15 is 0 Å². The first-order chi connectivity index (χ1) is 27.3. The molecule has 0 aliphatic carbocycles. The number of hydrogen-bond acceptors (Lipinski definition) is 2. The van der Waals surface area contributed by atoms with Crippen LogP contribution in [0, 0.1) is 0 Å². The molecule has 11 rings (SSSR count). The maximum absolute atomic E-state index is 6.06. The highest BCUT2D eigenvalue weighted by Gasteiger charge is 2.39. The van der Waals surface area contributed by atoms with Gasteiger partial charge in [-0.05, 0) is 88.0 Å². The van der Waals surface area contributed by atoms with E-state index < -0.39 is 5.41 Å². The van der Waals surface area contributed by atoms with Gasteiger partial charge in [0.1, 0.15) is 12.4 Å². The van der Waals surface area contributed by atoms with Crippen molar-refractivity contribution >= 4 is 32.8 Å². The van der Waals surface area contributed by atoms with Crippen molar-refractivity contribution in [2.24, 2.45) is 0 Å². The molecule has 0 saturated heterocycles. The van der Waals surface area contributed by atoms with Crippen LogP contribution < -0.4 is 4.74 Å². The van der Waals surface area contributed by atoms with Gasteiger partial charge in [0.05, 0.1) is 33.2 Å². The third kappa shape index (κ3) is 4.81. The number of nitrogens with zero attached hydrogens (tertiary/aromatic N) is 3. The van der Waals surface area contributed by atoms with E-state index in [1.807, 2.05) is 18.2 Å². The first kappa shape index (κ1) is 31.4. The van der Waals surface area contributed by atoms with E-state index in [9.17, 15) is 0 Å². The molecule has 55 heavy (non-hydrogen) atoms. The Balaban J connectivity index is 1.13. The van der Waals surface area contributed by atoms with Gasteiger partial charge in [-0.3, -0.25) is 4.57 Å². The number of imidazole rings is 1. The Morgan fingerprint density at radius 1 is 0.436 bits per heavy atom. The third-order valence-electron chi connectivity index (χ3n) is 11.3. The Kier molecular flexibility index (Phi) is 7.11. The van der Waals surface area contributed by atoms with E-state index in [2.05, 4.69) is 191 Å². The van der Waals surface area contributed by atoms with Gasteiger partial charge in [-0.25, -0.2) is 4.98 Å². The molecule has 0 radical (unpaired) electrons. The predicted molar refractivity (Wildman–Crippen MR) is 223 cm³/mol. The Bertz CT molecular complexity index is 2960. The second-order valence-corrected chi connectivity index (χ2v) is 14.3. The molecule has 0 fully saturated rings. The summed E-state index contributed by atoms with van der Waals surface area (Å²) in [5.41, 5.74) is 13.0. The molecule has 10 aromatic rings. The Morgan fingerprint density at radius 2 is 1.02 bits per heavy atom. The van der Waals surface area contributed by atoms with E-state index in [0.717, 1.165) is 45.1 Å². The molecule has 0 amide bonds. The number of fused-ring (bicyclic) bond motifs is 8. The zero-order valence-electron chi connectivity index (χ0n) is 30.0. The number of ether oxygens (including phenoxy) is 1. The van der Waals surface area contributed by atoms with Crippen LogP contribution in [0.25, 0.3) is 55.3 Å². The SMILES string of the molecule is c1ccc(C(c2ccccc2)(c2cccc(-c3ccc4c(c3)nc3n4-c4ccccc4OC3)c2)c2cccc(-n3c4ccccc4c4ccccc43)c2)cc1. The highest BCUT2D eigenvalue weighted by Crippen LogP contribution is 2.47. The normalized spacial score (nSPS) is 12.4. The van der Waals surface area contributed by atoms with Crippen LogP contribution in [0.15, 0.2) is 200 Å². The topological polar surface area (TPSA) is 32.0 Å². The van der Waals surface area contributed by atoms with Gasteiger partial charge in [0.25, 0.3) is 0 Å². The van der Waals surface area contributed by atoms with Crippen LogP contribution in [-0.2, 0) is 12.0 Å². The van der Waals surface area contributed by atoms with Crippen molar-refractivity contribution in [2.45, 2.75) is 12.0 Å². The van der Waals surface area contributed by atoms with Gasteiger partial charge in [-0.1, -0.05) is 146 Å². The first-order valence-electron chi connectivity index (χ1n) is 18.8. The van der Waals surface area contributed by atoms with Crippen molar-refractivity contribution in [3.05, 3.63) is 228 Å². The lowest BCUT2D eigenvalue weighted by molar-refractivity contribution is 0.280. The fraction of sp³-hybridized carbons (Fsp3) is 0.0392. The Labute approximate surface area is 319 Å². The zero-order valence-corrected chi connectivity index (χ0v) is 30.0. The Hall–Kier alpha value is -7.17. The summed E-state index contributed by atoms with van der Waals surface area (Å²) in [5.74, 6) is 1.79. The summed E-state index contributed by atoms with van der Waals surface area (Å²) in [4.78, 5) is 5.07. The Morgan fingerprint density at radius 3 is 1.75 bits per heavy atom. The van der Waals surface area contributed by atoms with Crippen LogP contribution in [0.2, 0.25) is 0 Å². The van der Waals surface area contributed by atoms with Crippen LogP contribution in [0.3, 0.4) is 0 Å². The largest absolute Gasteiger partial charge is 0.483 e. The van der Waals surface area contributed by atoms with Gasteiger partial charge in [0.15, 0.2) is 5.82 Å². The minimum Gasteiger partial charge on any atom is -0.483 e. The number of hydrogen-bond donors (Lipinski definition) is 0.